The van der Waals surface area contributed by atoms with E-state index in [0.717, 1.165) is 36.8 Å². The monoisotopic (exact) mass is 310 g/mol. The highest BCUT2D eigenvalue weighted by atomic mass is 32.2. The first-order chi connectivity index (χ1) is 10.3. The lowest BCUT2D eigenvalue weighted by atomic mass is 10.0. The molecule has 0 radical (unpaired) electrons. The van der Waals surface area contributed by atoms with E-state index in [4.69, 9.17) is 0 Å². The Morgan fingerprint density at radius 1 is 1.29 bits per heavy atom. The Morgan fingerprint density at radius 3 is 2.86 bits per heavy atom. The molecule has 1 atom stereocenters. The van der Waals surface area contributed by atoms with Crippen LogP contribution in [-0.4, -0.2) is 42.9 Å². The van der Waals surface area contributed by atoms with E-state index in [1.165, 1.54) is 31.7 Å². The molecule has 2 nitrogen and oxygen atoms in total. The van der Waals surface area contributed by atoms with Crippen molar-refractivity contribution >= 4 is 11.8 Å². The fraction of sp³-hybridized carbons (Fsp3) is 0.647. The highest BCUT2D eigenvalue weighted by Gasteiger charge is 2.16. The predicted molar refractivity (Wildman–Crippen MR) is 89.5 cm³/mol. The third kappa shape index (κ3) is 5.97. The van der Waals surface area contributed by atoms with E-state index in [0.29, 0.717) is 6.04 Å². The summed E-state index contributed by atoms with van der Waals surface area (Å²) in [5.74, 6) is 0.853. The zero-order chi connectivity index (χ0) is 14.9. The molecule has 1 aliphatic rings. The summed E-state index contributed by atoms with van der Waals surface area (Å²) in [4.78, 5) is 3.29. The van der Waals surface area contributed by atoms with Crippen LogP contribution in [0.5, 0.6) is 0 Å². The molecule has 1 aromatic rings. The SMILES string of the molecule is CCCN(CCSc1ccccc1F)CC1CCCCN1. The second kappa shape index (κ2) is 9.44. The molecule has 21 heavy (non-hydrogen) atoms. The van der Waals surface area contributed by atoms with Crippen molar-refractivity contribution in [3.05, 3.63) is 30.1 Å². The first-order valence-corrected chi connectivity index (χ1v) is 9.11. The zero-order valence-corrected chi connectivity index (χ0v) is 13.8. The van der Waals surface area contributed by atoms with Crippen molar-refractivity contribution in [3.8, 4) is 0 Å². The van der Waals surface area contributed by atoms with Crippen LogP contribution in [0.3, 0.4) is 0 Å². The largest absolute Gasteiger partial charge is 0.313 e. The number of benzene rings is 1. The van der Waals surface area contributed by atoms with Crippen LogP contribution in [0.1, 0.15) is 32.6 Å². The van der Waals surface area contributed by atoms with Gasteiger partial charge in [-0.2, -0.15) is 0 Å². The summed E-state index contributed by atoms with van der Waals surface area (Å²) in [7, 11) is 0. The first-order valence-electron chi connectivity index (χ1n) is 8.12. The average molecular weight is 310 g/mol. The molecule has 0 aliphatic carbocycles. The molecular weight excluding hydrogens is 283 g/mol. The Kier molecular flexibility index (Phi) is 7.54. The van der Waals surface area contributed by atoms with Crippen LogP contribution in [0, 0.1) is 5.82 Å². The molecule has 118 valence electrons. The highest BCUT2D eigenvalue weighted by molar-refractivity contribution is 7.99. The van der Waals surface area contributed by atoms with Crippen molar-refractivity contribution in [1.82, 2.24) is 10.2 Å². The minimum atomic E-state index is -0.0986. The van der Waals surface area contributed by atoms with Gasteiger partial charge in [0.25, 0.3) is 0 Å². The predicted octanol–water partition coefficient (Wildman–Crippen LogP) is 3.77. The quantitative estimate of drug-likeness (QED) is 0.736. The molecule has 2 rings (SSSR count). The van der Waals surface area contributed by atoms with Crippen LogP contribution in [0.15, 0.2) is 29.2 Å². The summed E-state index contributed by atoms with van der Waals surface area (Å²) < 4.78 is 13.6. The maximum Gasteiger partial charge on any atom is 0.136 e. The molecule has 0 aromatic heterocycles. The summed E-state index contributed by atoms with van der Waals surface area (Å²) >= 11 is 1.63. The van der Waals surface area contributed by atoms with Crippen LogP contribution < -0.4 is 5.32 Å². The van der Waals surface area contributed by atoms with E-state index in [1.807, 2.05) is 12.1 Å². The normalized spacial score (nSPS) is 19.1. The van der Waals surface area contributed by atoms with E-state index in [1.54, 1.807) is 17.8 Å². The van der Waals surface area contributed by atoms with Gasteiger partial charge in [0, 0.05) is 29.8 Å². The maximum absolute atomic E-state index is 13.6. The van der Waals surface area contributed by atoms with Crippen LogP contribution in [-0.2, 0) is 0 Å². The summed E-state index contributed by atoms with van der Waals surface area (Å²) in [6, 6.07) is 7.70. The van der Waals surface area contributed by atoms with Gasteiger partial charge in [-0.15, -0.1) is 11.8 Å². The van der Waals surface area contributed by atoms with Crippen molar-refractivity contribution in [2.45, 2.75) is 43.5 Å². The molecule has 0 saturated carbocycles. The third-order valence-corrected chi connectivity index (χ3v) is 4.96. The van der Waals surface area contributed by atoms with Crippen molar-refractivity contribution < 1.29 is 4.39 Å². The lowest BCUT2D eigenvalue weighted by molar-refractivity contribution is 0.235. The Morgan fingerprint density at radius 2 is 2.14 bits per heavy atom. The van der Waals surface area contributed by atoms with Crippen LogP contribution in [0.25, 0.3) is 0 Å². The van der Waals surface area contributed by atoms with Crippen molar-refractivity contribution in [2.24, 2.45) is 0 Å². The molecule has 0 amide bonds. The molecule has 1 saturated heterocycles. The number of nitrogens with zero attached hydrogens (tertiary/aromatic N) is 1. The zero-order valence-electron chi connectivity index (χ0n) is 13.0. The fourth-order valence-electron chi connectivity index (χ4n) is 2.85. The van der Waals surface area contributed by atoms with E-state index >= 15 is 0 Å². The van der Waals surface area contributed by atoms with Gasteiger partial charge in [0.15, 0.2) is 0 Å². The Labute approximate surface area is 132 Å². The van der Waals surface area contributed by atoms with Crippen molar-refractivity contribution in [1.29, 1.82) is 0 Å². The highest BCUT2D eigenvalue weighted by Crippen LogP contribution is 2.21. The van der Waals surface area contributed by atoms with Gasteiger partial charge in [0.2, 0.25) is 0 Å². The van der Waals surface area contributed by atoms with E-state index < -0.39 is 0 Å². The summed E-state index contributed by atoms with van der Waals surface area (Å²) in [5.41, 5.74) is 0. The number of nitrogens with one attached hydrogen (secondary N) is 1. The summed E-state index contributed by atoms with van der Waals surface area (Å²) in [6.07, 6.45) is 5.13. The molecule has 1 N–H and O–H groups in total. The molecule has 1 aliphatic heterocycles. The third-order valence-electron chi connectivity index (χ3n) is 3.93. The Hall–Kier alpha value is -0.580. The first kappa shape index (κ1) is 16.8. The Bertz CT molecular complexity index is 408. The minimum Gasteiger partial charge on any atom is -0.313 e. The van der Waals surface area contributed by atoms with Crippen molar-refractivity contribution in [3.63, 3.8) is 0 Å². The van der Waals surface area contributed by atoms with E-state index in [9.17, 15) is 4.39 Å². The van der Waals surface area contributed by atoms with Gasteiger partial charge < -0.3 is 10.2 Å². The van der Waals surface area contributed by atoms with Crippen LogP contribution in [0.2, 0.25) is 0 Å². The van der Waals surface area contributed by atoms with Gasteiger partial charge in [0.05, 0.1) is 0 Å². The van der Waals surface area contributed by atoms with Gasteiger partial charge in [-0.3, -0.25) is 0 Å². The second-order valence-electron chi connectivity index (χ2n) is 5.73. The standard InChI is InChI=1S/C17H27FN2S/c1-2-11-20(14-15-7-5-6-10-19-15)12-13-21-17-9-4-3-8-16(17)18/h3-4,8-9,15,19H,2,5-7,10-14H2,1H3. The molecule has 1 aromatic carbocycles. The maximum atomic E-state index is 13.6. The van der Waals surface area contributed by atoms with Gasteiger partial charge in [-0.05, 0) is 44.5 Å². The lowest BCUT2D eigenvalue weighted by Gasteiger charge is -2.30. The number of rotatable bonds is 8. The minimum absolute atomic E-state index is 0.0986. The van der Waals surface area contributed by atoms with E-state index in [-0.39, 0.29) is 5.82 Å². The van der Waals surface area contributed by atoms with Crippen LogP contribution >= 0.6 is 11.8 Å². The molecule has 1 heterocycles. The summed E-state index contributed by atoms with van der Waals surface area (Å²) in [5, 5.41) is 3.62. The number of piperidine rings is 1. The smallest absolute Gasteiger partial charge is 0.136 e. The van der Waals surface area contributed by atoms with Crippen LogP contribution in [0.4, 0.5) is 4.39 Å². The number of hydrogen-bond donors (Lipinski definition) is 1. The van der Waals surface area contributed by atoms with Gasteiger partial charge >= 0.3 is 0 Å². The fourth-order valence-corrected chi connectivity index (χ4v) is 3.80. The average Bonchev–Trinajstić information content (AvgIpc) is 2.50. The molecular formula is C17H27FN2S. The van der Waals surface area contributed by atoms with Gasteiger partial charge in [0.1, 0.15) is 5.82 Å². The van der Waals surface area contributed by atoms with Crippen molar-refractivity contribution in [2.75, 3.05) is 31.9 Å². The second-order valence-corrected chi connectivity index (χ2v) is 6.86. The molecule has 0 bridgehead atoms. The topological polar surface area (TPSA) is 15.3 Å². The lowest BCUT2D eigenvalue weighted by Crippen LogP contribution is -2.44. The molecule has 4 heteroatoms. The number of hydrogen-bond acceptors (Lipinski definition) is 3. The number of halogens is 1. The molecule has 1 unspecified atom stereocenters. The van der Waals surface area contributed by atoms with E-state index in [2.05, 4.69) is 17.1 Å². The van der Waals surface area contributed by atoms with Gasteiger partial charge in [-0.1, -0.05) is 25.5 Å². The van der Waals surface area contributed by atoms with Gasteiger partial charge in [-0.25, -0.2) is 4.39 Å². The summed E-state index contributed by atoms with van der Waals surface area (Å²) in [6.45, 7) is 6.69. The molecule has 1 fully saturated rings. The number of thioether (sulfide) groups is 1. The Balaban J connectivity index is 1.75. The molecule has 0 spiro atoms.